The molecular weight excluding hydrogens is 386 g/mol. The zero-order chi connectivity index (χ0) is 20.9. The zero-order valence-corrected chi connectivity index (χ0v) is 16.8. The summed E-state index contributed by atoms with van der Waals surface area (Å²) in [5.41, 5.74) is 2.41. The number of anilines is 1. The summed E-state index contributed by atoms with van der Waals surface area (Å²) in [5, 5.41) is 2.67. The minimum absolute atomic E-state index is 0.149. The summed E-state index contributed by atoms with van der Waals surface area (Å²) >= 11 is 0. The number of aryl methyl sites for hydroxylation is 1. The minimum Gasteiger partial charge on any atom is -0.326 e. The monoisotopic (exact) mass is 407 g/mol. The van der Waals surface area contributed by atoms with Crippen LogP contribution in [0.15, 0.2) is 83.8 Å². The van der Waals surface area contributed by atoms with Gasteiger partial charge < -0.3 is 5.32 Å². The van der Waals surface area contributed by atoms with Crippen LogP contribution in [0.25, 0.3) is 0 Å². The van der Waals surface area contributed by atoms with Gasteiger partial charge in [-0.25, -0.2) is 8.42 Å². The molecule has 0 saturated heterocycles. The number of ketones is 1. The summed E-state index contributed by atoms with van der Waals surface area (Å²) in [5.74, 6) is -0.863. The SMILES string of the molecule is Cc1ccc(S(=O)(=O)CCC(=O)Nc2cccc(C(=O)c3ccccc3)c2)cc1. The highest BCUT2D eigenvalue weighted by molar-refractivity contribution is 7.91. The molecule has 3 rings (SSSR count). The van der Waals surface area contributed by atoms with Crippen molar-refractivity contribution < 1.29 is 18.0 Å². The Morgan fingerprint density at radius 2 is 1.48 bits per heavy atom. The van der Waals surface area contributed by atoms with Crippen molar-refractivity contribution in [2.45, 2.75) is 18.2 Å². The molecule has 0 bridgehead atoms. The molecule has 1 N–H and O–H groups in total. The van der Waals surface area contributed by atoms with Crippen LogP contribution in [-0.4, -0.2) is 25.9 Å². The van der Waals surface area contributed by atoms with Crippen molar-refractivity contribution >= 4 is 27.2 Å². The smallest absolute Gasteiger partial charge is 0.225 e. The summed E-state index contributed by atoms with van der Waals surface area (Å²) < 4.78 is 24.8. The number of carbonyl (C=O) groups is 2. The maximum absolute atomic E-state index is 12.5. The number of hydrogen-bond acceptors (Lipinski definition) is 4. The molecule has 0 atom stereocenters. The molecule has 5 nitrogen and oxygen atoms in total. The predicted octanol–water partition coefficient (Wildman–Crippen LogP) is 4.03. The molecule has 0 saturated carbocycles. The maximum atomic E-state index is 12.5. The highest BCUT2D eigenvalue weighted by Crippen LogP contribution is 2.16. The summed E-state index contributed by atoms with van der Waals surface area (Å²) in [4.78, 5) is 25.0. The summed E-state index contributed by atoms with van der Waals surface area (Å²) in [6, 6.07) is 22.0. The number of nitrogens with one attached hydrogen (secondary N) is 1. The second-order valence-electron chi connectivity index (χ2n) is 6.71. The molecule has 0 aromatic heterocycles. The number of rotatable bonds is 7. The van der Waals surface area contributed by atoms with Gasteiger partial charge in [0.15, 0.2) is 15.6 Å². The lowest BCUT2D eigenvalue weighted by Crippen LogP contribution is -2.17. The van der Waals surface area contributed by atoms with Crippen LogP contribution in [0.4, 0.5) is 5.69 Å². The highest BCUT2D eigenvalue weighted by atomic mass is 32.2. The molecule has 0 heterocycles. The lowest BCUT2D eigenvalue weighted by atomic mass is 10.0. The Kier molecular flexibility index (Phi) is 6.24. The van der Waals surface area contributed by atoms with Crippen molar-refractivity contribution in [2.24, 2.45) is 0 Å². The third-order valence-electron chi connectivity index (χ3n) is 4.42. The van der Waals surface area contributed by atoms with Gasteiger partial charge in [-0.2, -0.15) is 0 Å². The van der Waals surface area contributed by atoms with Crippen LogP contribution in [0.5, 0.6) is 0 Å². The van der Waals surface area contributed by atoms with Gasteiger partial charge in [0.05, 0.1) is 10.6 Å². The second kappa shape index (κ2) is 8.84. The number of hydrogen-bond donors (Lipinski definition) is 1. The third-order valence-corrected chi connectivity index (χ3v) is 6.15. The quantitative estimate of drug-likeness (QED) is 0.600. The summed E-state index contributed by atoms with van der Waals surface area (Å²) in [6.07, 6.45) is -0.174. The lowest BCUT2D eigenvalue weighted by Gasteiger charge is -2.08. The Hall–Kier alpha value is -3.25. The van der Waals surface area contributed by atoms with E-state index in [4.69, 9.17) is 0 Å². The molecule has 1 amide bonds. The van der Waals surface area contributed by atoms with Gasteiger partial charge in [-0.1, -0.05) is 60.2 Å². The van der Waals surface area contributed by atoms with Crippen molar-refractivity contribution in [3.63, 3.8) is 0 Å². The average Bonchev–Trinajstić information content (AvgIpc) is 2.73. The Morgan fingerprint density at radius 1 is 0.828 bits per heavy atom. The van der Waals surface area contributed by atoms with Gasteiger partial charge in [-0.05, 0) is 31.2 Å². The molecule has 0 aliphatic carbocycles. The van der Waals surface area contributed by atoms with Gasteiger partial charge in [0.1, 0.15) is 0 Å². The first-order valence-corrected chi connectivity index (χ1v) is 10.8. The molecule has 0 aliphatic heterocycles. The van der Waals surface area contributed by atoms with Crippen LogP contribution in [0.1, 0.15) is 27.9 Å². The van der Waals surface area contributed by atoms with E-state index in [9.17, 15) is 18.0 Å². The standard InChI is InChI=1S/C23H21NO4S/c1-17-10-12-21(13-11-17)29(27,28)15-14-22(25)24-20-9-5-8-19(16-20)23(26)18-6-3-2-4-7-18/h2-13,16H,14-15H2,1H3,(H,24,25). The van der Waals surface area contributed by atoms with Crippen LogP contribution in [0.2, 0.25) is 0 Å². The normalized spacial score (nSPS) is 11.1. The molecule has 29 heavy (non-hydrogen) atoms. The first-order valence-electron chi connectivity index (χ1n) is 9.14. The summed E-state index contributed by atoms with van der Waals surface area (Å²) in [7, 11) is -3.54. The average molecular weight is 407 g/mol. The van der Waals surface area contributed by atoms with Gasteiger partial charge in [-0.15, -0.1) is 0 Å². The molecule has 0 radical (unpaired) electrons. The topological polar surface area (TPSA) is 80.3 Å². The van der Waals surface area contributed by atoms with Crippen LogP contribution < -0.4 is 5.32 Å². The van der Waals surface area contributed by atoms with Crippen molar-refractivity contribution in [1.29, 1.82) is 0 Å². The molecule has 0 spiro atoms. The largest absolute Gasteiger partial charge is 0.326 e. The molecule has 148 valence electrons. The fraction of sp³-hybridized carbons (Fsp3) is 0.130. The van der Waals surface area contributed by atoms with E-state index < -0.39 is 15.7 Å². The molecule has 6 heteroatoms. The maximum Gasteiger partial charge on any atom is 0.225 e. The van der Waals surface area contributed by atoms with Gasteiger partial charge >= 0.3 is 0 Å². The van der Waals surface area contributed by atoms with E-state index in [0.29, 0.717) is 16.8 Å². The van der Waals surface area contributed by atoms with E-state index in [1.165, 1.54) is 0 Å². The van der Waals surface area contributed by atoms with Crippen LogP contribution in [-0.2, 0) is 14.6 Å². The third kappa shape index (κ3) is 5.39. The Labute approximate surface area is 170 Å². The van der Waals surface area contributed by atoms with Crippen LogP contribution >= 0.6 is 0 Å². The van der Waals surface area contributed by atoms with Crippen molar-refractivity contribution in [1.82, 2.24) is 0 Å². The Bertz CT molecular complexity index is 1120. The first kappa shape index (κ1) is 20.5. The van der Waals surface area contributed by atoms with Crippen molar-refractivity contribution in [3.8, 4) is 0 Å². The van der Waals surface area contributed by atoms with E-state index in [-0.39, 0.29) is 22.9 Å². The van der Waals surface area contributed by atoms with Gasteiger partial charge in [0.2, 0.25) is 5.91 Å². The summed E-state index contributed by atoms with van der Waals surface area (Å²) in [6.45, 7) is 1.88. The molecule has 0 aliphatic rings. The first-order chi connectivity index (χ1) is 13.8. The molecule has 0 unspecified atom stereocenters. The number of amides is 1. The van der Waals surface area contributed by atoms with Gasteiger partial charge in [0, 0.05) is 23.2 Å². The predicted molar refractivity (Wildman–Crippen MR) is 113 cm³/mol. The molecule has 0 fully saturated rings. The molecule has 3 aromatic carbocycles. The lowest BCUT2D eigenvalue weighted by molar-refractivity contribution is -0.115. The van der Waals surface area contributed by atoms with Gasteiger partial charge in [0.25, 0.3) is 0 Å². The zero-order valence-electron chi connectivity index (χ0n) is 16.0. The Balaban J connectivity index is 1.64. The van der Waals surface area contributed by atoms with E-state index >= 15 is 0 Å². The minimum atomic E-state index is -3.54. The molecule has 3 aromatic rings. The second-order valence-corrected chi connectivity index (χ2v) is 8.82. The van der Waals surface area contributed by atoms with E-state index in [1.807, 2.05) is 13.0 Å². The fourth-order valence-electron chi connectivity index (χ4n) is 2.81. The van der Waals surface area contributed by atoms with E-state index in [0.717, 1.165) is 5.56 Å². The number of benzene rings is 3. The van der Waals surface area contributed by atoms with Crippen molar-refractivity contribution in [3.05, 3.63) is 95.6 Å². The van der Waals surface area contributed by atoms with Gasteiger partial charge in [-0.3, -0.25) is 9.59 Å². The van der Waals surface area contributed by atoms with Crippen LogP contribution in [0, 0.1) is 6.92 Å². The number of carbonyl (C=O) groups excluding carboxylic acids is 2. The van der Waals surface area contributed by atoms with E-state index in [2.05, 4.69) is 5.32 Å². The fourth-order valence-corrected chi connectivity index (χ4v) is 4.05. The Morgan fingerprint density at radius 3 is 2.17 bits per heavy atom. The highest BCUT2D eigenvalue weighted by Gasteiger charge is 2.17. The van der Waals surface area contributed by atoms with Crippen molar-refractivity contribution in [2.75, 3.05) is 11.1 Å². The van der Waals surface area contributed by atoms with E-state index in [1.54, 1.807) is 72.8 Å². The molecular formula is C23H21NO4S. The number of sulfone groups is 1. The van der Waals surface area contributed by atoms with Crippen LogP contribution in [0.3, 0.4) is 0 Å².